The molecule has 22 heavy (non-hydrogen) atoms. The van der Waals surface area contributed by atoms with Gasteiger partial charge in [0.1, 0.15) is 0 Å². The molecule has 0 bridgehead atoms. The molecule has 2 rings (SSSR count). The van der Waals surface area contributed by atoms with Crippen LogP contribution in [0.15, 0.2) is 69.8 Å². The van der Waals surface area contributed by atoms with Crippen molar-refractivity contribution in [3.05, 3.63) is 86.2 Å². The second kappa shape index (κ2) is 8.17. The molecule has 0 radical (unpaired) electrons. The van der Waals surface area contributed by atoms with Gasteiger partial charge in [-0.2, -0.15) is 0 Å². The van der Waals surface area contributed by atoms with Crippen molar-refractivity contribution in [3.8, 4) is 0 Å². The van der Waals surface area contributed by atoms with E-state index in [1.54, 1.807) is 12.1 Å². The van der Waals surface area contributed by atoms with Gasteiger partial charge in [-0.25, -0.2) is 0 Å². The number of carbonyl (C=O) groups excluding carboxylic acids is 1. The van der Waals surface area contributed by atoms with Gasteiger partial charge in [-0.15, -0.1) is 0 Å². The summed E-state index contributed by atoms with van der Waals surface area (Å²) in [6, 6.07) is 16.8. The monoisotopic (exact) mass is 355 g/mol. The van der Waals surface area contributed by atoms with Gasteiger partial charge in [0.25, 0.3) is 0 Å². The highest BCUT2D eigenvalue weighted by atomic mass is 79.9. The van der Waals surface area contributed by atoms with E-state index in [0.717, 1.165) is 10.0 Å². The third kappa shape index (κ3) is 4.32. The number of hydrogen-bond donors (Lipinski definition) is 0. The lowest BCUT2D eigenvalue weighted by Crippen LogP contribution is -2.04. The molecule has 0 saturated carbocycles. The van der Waals surface area contributed by atoms with Crippen LogP contribution in [0.4, 0.5) is 0 Å². The van der Waals surface area contributed by atoms with E-state index >= 15 is 0 Å². The van der Waals surface area contributed by atoms with Crippen molar-refractivity contribution in [1.29, 1.82) is 0 Å². The topological polar surface area (TPSA) is 65.8 Å². The Morgan fingerprint density at radius 3 is 2.50 bits per heavy atom. The second-order valence-corrected chi connectivity index (χ2v) is 5.45. The van der Waals surface area contributed by atoms with E-state index in [2.05, 4.69) is 26.0 Å². The Labute approximate surface area is 137 Å². The van der Waals surface area contributed by atoms with Crippen molar-refractivity contribution < 1.29 is 4.79 Å². The Morgan fingerprint density at radius 2 is 1.82 bits per heavy atom. The van der Waals surface area contributed by atoms with Crippen molar-refractivity contribution in [1.82, 2.24) is 0 Å². The van der Waals surface area contributed by atoms with E-state index in [4.69, 9.17) is 5.53 Å². The molecule has 5 heteroatoms. The summed E-state index contributed by atoms with van der Waals surface area (Å²) in [5, 5.41) is 3.53. The van der Waals surface area contributed by atoms with Crippen molar-refractivity contribution in [2.24, 2.45) is 5.11 Å². The summed E-state index contributed by atoms with van der Waals surface area (Å²) in [7, 11) is 0. The molecule has 0 saturated heterocycles. The molecule has 2 aromatic carbocycles. The van der Waals surface area contributed by atoms with Crippen LogP contribution < -0.4 is 0 Å². The van der Waals surface area contributed by atoms with Crippen LogP contribution in [0.25, 0.3) is 16.5 Å². The number of ketones is 1. The van der Waals surface area contributed by atoms with Gasteiger partial charge in [0.2, 0.25) is 0 Å². The molecular formula is C17H14BrN3O. The number of nitrogens with zero attached hydrogens (tertiary/aromatic N) is 3. The van der Waals surface area contributed by atoms with Crippen LogP contribution in [-0.2, 0) is 0 Å². The predicted octanol–water partition coefficient (Wildman–Crippen LogP) is 5.42. The highest BCUT2D eigenvalue weighted by Crippen LogP contribution is 2.22. The first-order valence-corrected chi connectivity index (χ1v) is 7.57. The standard InChI is InChI=1S/C17H14BrN3O/c18-16-9-5-4-8-14(16)12-15(10-11-20-21-19)17(22)13-6-2-1-3-7-13/h1-9,12H,10-11H2/b15-12-. The lowest BCUT2D eigenvalue weighted by Gasteiger charge is -2.07. The van der Waals surface area contributed by atoms with Gasteiger partial charge in [0.15, 0.2) is 5.78 Å². The molecule has 0 N–H and O–H groups in total. The lowest BCUT2D eigenvalue weighted by atomic mass is 9.98. The van der Waals surface area contributed by atoms with Crippen LogP contribution in [0, 0.1) is 0 Å². The summed E-state index contributed by atoms with van der Waals surface area (Å²) < 4.78 is 0.914. The number of Topliss-reactive ketones (excluding diaryl/α,β-unsaturated/α-hetero) is 1. The summed E-state index contributed by atoms with van der Waals surface area (Å²) in [6.45, 7) is 0.255. The number of azide groups is 1. The lowest BCUT2D eigenvalue weighted by molar-refractivity contribution is 0.103. The van der Waals surface area contributed by atoms with Gasteiger partial charge in [0, 0.05) is 27.1 Å². The van der Waals surface area contributed by atoms with Crippen molar-refractivity contribution in [3.63, 3.8) is 0 Å². The van der Waals surface area contributed by atoms with Gasteiger partial charge in [-0.1, -0.05) is 69.6 Å². The van der Waals surface area contributed by atoms with Gasteiger partial charge in [-0.3, -0.25) is 4.79 Å². The van der Waals surface area contributed by atoms with Gasteiger partial charge in [-0.05, 0) is 29.7 Å². The van der Waals surface area contributed by atoms with Crippen LogP contribution in [0.5, 0.6) is 0 Å². The average Bonchev–Trinajstić information content (AvgIpc) is 2.56. The Morgan fingerprint density at radius 1 is 1.14 bits per heavy atom. The molecule has 0 heterocycles. The largest absolute Gasteiger partial charge is 0.289 e. The Bertz CT molecular complexity index is 735. The molecular weight excluding hydrogens is 342 g/mol. The van der Waals surface area contributed by atoms with Crippen LogP contribution in [0.3, 0.4) is 0 Å². The molecule has 0 aliphatic heterocycles. The first kappa shape index (κ1) is 16.0. The van der Waals surface area contributed by atoms with Crippen LogP contribution in [0.2, 0.25) is 0 Å². The third-order valence-electron chi connectivity index (χ3n) is 3.11. The minimum atomic E-state index is -0.0514. The zero-order valence-electron chi connectivity index (χ0n) is 11.8. The molecule has 0 aliphatic carbocycles. The molecule has 0 spiro atoms. The van der Waals surface area contributed by atoms with Crippen molar-refractivity contribution in [2.75, 3.05) is 6.54 Å². The summed E-state index contributed by atoms with van der Waals surface area (Å²) in [5.41, 5.74) is 10.6. The van der Waals surface area contributed by atoms with E-state index in [9.17, 15) is 4.79 Å². The predicted molar refractivity (Wildman–Crippen MR) is 91.5 cm³/mol. The Hall–Kier alpha value is -2.36. The SMILES string of the molecule is [N-]=[N+]=NCC/C(=C/c1ccccc1Br)C(=O)c1ccccc1. The number of rotatable bonds is 6. The molecule has 0 atom stereocenters. The zero-order valence-corrected chi connectivity index (χ0v) is 13.4. The fourth-order valence-corrected chi connectivity index (χ4v) is 2.42. The summed E-state index contributed by atoms with van der Waals surface area (Å²) in [5.74, 6) is -0.0514. The van der Waals surface area contributed by atoms with Crippen LogP contribution in [0.1, 0.15) is 22.3 Å². The van der Waals surface area contributed by atoms with Gasteiger partial charge < -0.3 is 0 Å². The van der Waals surface area contributed by atoms with E-state index in [0.29, 0.717) is 17.6 Å². The molecule has 0 fully saturated rings. The molecule has 2 aromatic rings. The zero-order chi connectivity index (χ0) is 15.8. The van der Waals surface area contributed by atoms with E-state index in [-0.39, 0.29) is 12.3 Å². The number of benzene rings is 2. The molecule has 4 nitrogen and oxygen atoms in total. The number of hydrogen-bond acceptors (Lipinski definition) is 2. The minimum absolute atomic E-state index is 0.0514. The second-order valence-electron chi connectivity index (χ2n) is 4.59. The Kier molecular flexibility index (Phi) is 5.95. The number of carbonyl (C=O) groups is 1. The van der Waals surface area contributed by atoms with E-state index in [1.807, 2.05) is 48.5 Å². The molecule has 110 valence electrons. The maximum absolute atomic E-state index is 12.6. The van der Waals surface area contributed by atoms with E-state index in [1.165, 1.54) is 0 Å². The van der Waals surface area contributed by atoms with Crippen LogP contribution in [-0.4, -0.2) is 12.3 Å². The highest BCUT2D eigenvalue weighted by Gasteiger charge is 2.12. The molecule has 0 aliphatic rings. The molecule has 0 amide bonds. The maximum atomic E-state index is 12.6. The average molecular weight is 356 g/mol. The number of halogens is 1. The highest BCUT2D eigenvalue weighted by molar-refractivity contribution is 9.10. The maximum Gasteiger partial charge on any atom is 0.189 e. The fourth-order valence-electron chi connectivity index (χ4n) is 2.02. The molecule has 0 aromatic heterocycles. The van der Waals surface area contributed by atoms with Gasteiger partial charge >= 0.3 is 0 Å². The van der Waals surface area contributed by atoms with Crippen LogP contribution >= 0.6 is 15.9 Å². The first-order valence-electron chi connectivity index (χ1n) is 6.78. The normalized spacial score (nSPS) is 10.9. The smallest absolute Gasteiger partial charge is 0.189 e. The molecule has 0 unspecified atom stereocenters. The first-order chi connectivity index (χ1) is 10.7. The summed E-state index contributed by atoms with van der Waals surface area (Å²) in [4.78, 5) is 15.4. The quantitative estimate of drug-likeness (QED) is 0.224. The third-order valence-corrected chi connectivity index (χ3v) is 3.83. The Balaban J connectivity index is 2.36. The minimum Gasteiger partial charge on any atom is -0.289 e. The van der Waals surface area contributed by atoms with E-state index < -0.39 is 0 Å². The van der Waals surface area contributed by atoms with Gasteiger partial charge in [0.05, 0.1) is 0 Å². The fraction of sp³-hybridized carbons (Fsp3) is 0.118. The summed E-state index contributed by atoms with van der Waals surface area (Å²) >= 11 is 3.47. The van der Waals surface area contributed by atoms with Crippen molar-refractivity contribution >= 4 is 27.8 Å². The summed E-state index contributed by atoms with van der Waals surface area (Å²) in [6.07, 6.45) is 2.24. The van der Waals surface area contributed by atoms with Crippen molar-refractivity contribution in [2.45, 2.75) is 6.42 Å².